The predicted molar refractivity (Wildman–Crippen MR) is 91.4 cm³/mol. The summed E-state index contributed by atoms with van der Waals surface area (Å²) in [7, 11) is 0. The monoisotopic (exact) mass is 324 g/mol. The van der Waals surface area contributed by atoms with E-state index in [9.17, 15) is 10.0 Å². The van der Waals surface area contributed by atoms with Crippen molar-refractivity contribution in [3.63, 3.8) is 0 Å². The van der Waals surface area contributed by atoms with Gasteiger partial charge in [-0.15, -0.1) is 0 Å². The Kier molecular flexibility index (Phi) is 4.51. The van der Waals surface area contributed by atoms with Gasteiger partial charge in [-0.1, -0.05) is 25.1 Å². The standard InChI is InChI=1S/C19H20N2O3/c1-3-11-20(19(22)16-9-6-7-12-21(16)23)14(2)18-13-15-8-4-5-10-17(15)24-18/h4-10,12-14H,3,11H2,1-2H3/t14-/m0/s1. The third-order valence-corrected chi connectivity index (χ3v) is 4.09. The summed E-state index contributed by atoms with van der Waals surface area (Å²) in [6, 6.07) is 14.3. The van der Waals surface area contributed by atoms with E-state index in [1.165, 1.54) is 6.20 Å². The lowest BCUT2D eigenvalue weighted by molar-refractivity contribution is -0.608. The maximum absolute atomic E-state index is 12.8. The number of carbonyl (C=O) groups is 1. The second-order valence-electron chi connectivity index (χ2n) is 5.77. The molecule has 3 rings (SSSR count). The minimum absolute atomic E-state index is 0.119. The van der Waals surface area contributed by atoms with Crippen molar-refractivity contribution in [3.8, 4) is 0 Å². The van der Waals surface area contributed by atoms with Crippen molar-refractivity contribution in [2.75, 3.05) is 6.54 Å². The van der Waals surface area contributed by atoms with Crippen LogP contribution in [-0.2, 0) is 0 Å². The molecule has 1 aromatic carbocycles. The summed E-state index contributed by atoms with van der Waals surface area (Å²) in [6.45, 7) is 4.47. The van der Waals surface area contributed by atoms with Crippen LogP contribution in [0.25, 0.3) is 11.0 Å². The smallest absolute Gasteiger partial charge is 0.320 e. The lowest BCUT2D eigenvalue weighted by Crippen LogP contribution is -2.42. The van der Waals surface area contributed by atoms with Gasteiger partial charge in [0.15, 0.2) is 6.20 Å². The van der Waals surface area contributed by atoms with Crippen molar-refractivity contribution in [2.24, 2.45) is 0 Å². The Hall–Kier alpha value is -2.82. The van der Waals surface area contributed by atoms with Crippen LogP contribution in [0.3, 0.4) is 0 Å². The number of para-hydroxylation sites is 1. The Morgan fingerprint density at radius 1 is 1.25 bits per heavy atom. The Morgan fingerprint density at radius 3 is 2.71 bits per heavy atom. The molecule has 24 heavy (non-hydrogen) atoms. The molecular weight excluding hydrogens is 304 g/mol. The third kappa shape index (κ3) is 2.97. The molecule has 0 unspecified atom stereocenters. The molecule has 0 aliphatic carbocycles. The van der Waals surface area contributed by atoms with Gasteiger partial charge < -0.3 is 14.5 Å². The van der Waals surface area contributed by atoms with Gasteiger partial charge in [0.05, 0.1) is 6.04 Å². The second-order valence-corrected chi connectivity index (χ2v) is 5.77. The van der Waals surface area contributed by atoms with Crippen molar-refractivity contribution in [2.45, 2.75) is 26.3 Å². The first kappa shape index (κ1) is 16.1. The van der Waals surface area contributed by atoms with Gasteiger partial charge in [0.2, 0.25) is 0 Å². The van der Waals surface area contributed by atoms with E-state index in [1.807, 2.05) is 44.2 Å². The number of hydrogen-bond donors (Lipinski definition) is 0. The van der Waals surface area contributed by atoms with Gasteiger partial charge in [0.1, 0.15) is 11.3 Å². The normalized spacial score (nSPS) is 12.2. The van der Waals surface area contributed by atoms with Crippen LogP contribution >= 0.6 is 0 Å². The molecule has 2 heterocycles. The van der Waals surface area contributed by atoms with Gasteiger partial charge in [0.25, 0.3) is 5.69 Å². The minimum atomic E-state index is -0.291. The number of hydrogen-bond acceptors (Lipinski definition) is 3. The van der Waals surface area contributed by atoms with Crippen LogP contribution in [0.1, 0.15) is 42.6 Å². The topological polar surface area (TPSA) is 60.4 Å². The molecule has 1 amide bonds. The summed E-state index contributed by atoms with van der Waals surface area (Å²) >= 11 is 0. The first-order valence-electron chi connectivity index (χ1n) is 8.09. The number of aromatic nitrogens is 1. The van der Waals surface area contributed by atoms with Crippen molar-refractivity contribution in [1.29, 1.82) is 0 Å². The van der Waals surface area contributed by atoms with Crippen molar-refractivity contribution in [1.82, 2.24) is 4.90 Å². The molecule has 0 bridgehead atoms. The highest BCUT2D eigenvalue weighted by Crippen LogP contribution is 2.28. The zero-order valence-electron chi connectivity index (χ0n) is 13.8. The summed E-state index contributed by atoms with van der Waals surface area (Å²) in [5.41, 5.74) is 0.913. The molecule has 0 spiro atoms. The van der Waals surface area contributed by atoms with Gasteiger partial charge in [0, 0.05) is 24.1 Å². The van der Waals surface area contributed by atoms with E-state index >= 15 is 0 Å². The molecule has 0 saturated carbocycles. The quantitative estimate of drug-likeness (QED) is 0.531. The first-order valence-corrected chi connectivity index (χ1v) is 8.09. The van der Waals surface area contributed by atoms with Crippen molar-refractivity contribution in [3.05, 3.63) is 71.4 Å². The van der Waals surface area contributed by atoms with Crippen LogP contribution < -0.4 is 4.73 Å². The van der Waals surface area contributed by atoms with Gasteiger partial charge in [-0.3, -0.25) is 4.79 Å². The molecule has 0 fully saturated rings. The van der Waals surface area contributed by atoms with Crippen LogP contribution in [-0.4, -0.2) is 17.4 Å². The molecular formula is C19H20N2O3. The number of fused-ring (bicyclic) bond motifs is 1. The number of furan rings is 1. The zero-order chi connectivity index (χ0) is 17.1. The fourth-order valence-electron chi connectivity index (χ4n) is 2.81. The van der Waals surface area contributed by atoms with E-state index in [4.69, 9.17) is 4.42 Å². The number of benzene rings is 1. The van der Waals surface area contributed by atoms with E-state index in [1.54, 1.807) is 23.1 Å². The van der Waals surface area contributed by atoms with Gasteiger partial charge in [-0.2, -0.15) is 4.73 Å². The molecule has 0 radical (unpaired) electrons. The molecule has 5 nitrogen and oxygen atoms in total. The minimum Gasteiger partial charge on any atom is -0.618 e. The molecule has 0 N–H and O–H groups in total. The predicted octanol–water partition coefficient (Wildman–Crippen LogP) is 3.68. The Balaban J connectivity index is 1.94. The van der Waals surface area contributed by atoms with E-state index in [0.717, 1.165) is 17.4 Å². The fraction of sp³-hybridized carbons (Fsp3) is 0.263. The second kappa shape index (κ2) is 6.74. The molecule has 0 aliphatic heterocycles. The van der Waals surface area contributed by atoms with Crippen molar-refractivity contribution >= 4 is 16.9 Å². The molecule has 0 saturated heterocycles. The molecule has 124 valence electrons. The molecule has 3 aromatic rings. The highest BCUT2D eigenvalue weighted by Gasteiger charge is 2.28. The molecule has 5 heteroatoms. The van der Waals surface area contributed by atoms with Crippen molar-refractivity contribution < 1.29 is 13.9 Å². The van der Waals surface area contributed by atoms with Crippen LogP contribution in [0.2, 0.25) is 0 Å². The fourth-order valence-corrected chi connectivity index (χ4v) is 2.81. The van der Waals surface area contributed by atoms with Gasteiger partial charge in [-0.25, -0.2) is 0 Å². The number of rotatable bonds is 5. The third-order valence-electron chi connectivity index (χ3n) is 4.09. The highest BCUT2D eigenvalue weighted by atomic mass is 16.5. The van der Waals surface area contributed by atoms with Gasteiger partial charge >= 0.3 is 5.91 Å². The van der Waals surface area contributed by atoms with E-state index < -0.39 is 0 Å². The van der Waals surface area contributed by atoms with Gasteiger partial charge in [-0.05, 0) is 31.5 Å². The number of pyridine rings is 1. The number of carbonyl (C=O) groups excluding carboxylic acids is 1. The average molecular weight is 324 g/mol. The SMILES string of the molecule is CCCN(C(=O)c1cccc[n+]1[O-])[C@@H](C)c1cc2ccccc2o1. The maximum Gasteiger partial charge on any atom is 0.320 e. The first-order chi connectivity index (χ1) is 11.6. The number of amides is 1. The van der Waals surface area contributed by atoms with Crippen LogP contribution in [0.4, 0.5) is 0 Å². The molecule has 2 aromatic heterocycles. The maximum atomic E-state index is 12.8. The molecule has 0 aliphatic rings. The highest BCUT2D eigenvalue weighted by molar-refractivity contribution is 5.91. The average Bonchev–Trinajstić information content (AvgIpc) is 3.03. The lowest BCUT2D eigenvalue weighted by atomic mass is 10.1. The van der Waals surface area contributed by atoms with Crippen LogP contribution in [0.15, 0.2) is 59.1 Å². The van der Waals surface area contributed by atoms with Crippen LogP contribution in [0, 0.1) is 5.21 Å². The zero-order valence-corrected chi connectivity index (χ0v) is 13.8. The Morgan fingerprint density at radius 2 is 2.00 bits per heavy atom. The number of nitrogens with zero attached hydrogens (tertiary/aromatic N) is 2. The van der Waals surface area contributed by atoms with Crippen LogP contribution in [0.5, 0.6) is 0 Å². The lowest BCUT2D eigenvalue weighted by Gasteiger charge is -2.26. The Bertz CT molecular complexity index is 823. The summed E-state index contributed by atoms with van der Waals surface area (Å²) in [4.78, 5) is 14.5. The summed E-state index contributed by atoms with van der Waals surface area (Å²) < 4.78 is 6.50. The molecule has 1 atom stereocenters. The van der Waals surface area contributed by atoms with E-state index in [-0.39, 0.29) is 17.6 Å². The summed E-state index contributed by atoms with van der Waals surface area (Å²) in [5, 5.41) is 12.9. The van der Waals surface area contributed by atoms with E-state index in [2.05, 4.69) is 0 Å². The van der Waals surface area contributed by atoms with E-state index in [0.29, 0.717) is 17.0 Å². The largest absolute Gasteiger partial charge is 0.618 e. The Labute approximate surface area is 140 Å². The summed E-state index contributed by atoms with van der Waals surface area (Å²) in [5.74, 6) is 0.423. The summed E-state index contributed by atoms with van der Waals surface area (Å²) in [6.07, 6.45) is 2.13.